The van der Waals surface area contributed by atoms with E-state index in [4.69, 9.17) is 11.6 Å². The fourth-order valence-corrected chi connectivity index (χ4v) is 5.64. The molecule has 1 saturated heterocycles. The highest BCUT2D eigenvalue weighted by Crippen LogP contribution is 2.18. The lowest BCUT2D eigenvalue weighted by molar-refractivity contribution is -0.122. The minimum atomic E-state index is -3.16. The predicted molar refractivity (Wildman–Crippen MR) is 118 cm³/mol. The van der Waals surface area contributed by atoms with E-state index in [1.165, 1.54) is 10.6 Å². The van der Waals surface area contributed by atoms with E-state index in [2.05, 4.69) is 5.32 Å². The molecule has 0 saturated carbocycles. The summed E-state index contributed by atoms with van der Waals surface area (Å²) in [6.07, 6.45) is 0.328. The summed E-state index contributed by atoms with van der Waals surface area (Å²) in [6.45, 7) is -0.215. The first-order valence-electron chi connectivity index (χ1n) is 9.70. The molecule has 0 unspecified atom stereocenters. The molecule has 31 heavy (non-hydrogen) atoms. The second kappa shape index (κ2) is 8.32. The Kier molecular flexibility index (Phi) is 5.72. The molecular formula is C21H20ClN3O5S. The Morgan fingerprint density at radius 2 is 1.74 bits per heavy atom. The Hall–Kier alpha value is -2.91. The summed E-state index contributed by atoms with van der Waals surface area (Å²) in [5, 5.41) is 3.00. The van der Waals surface area contributed by atoms with E-state index < -0.39 is 39.4 Å². The van der Waals surface area contributed by atoms with Gasteiger partial charge >= 0.3 is 11.1 Å². The van der Waals surface area contributed by atoms with Crippen LogP contribution < -0.4 is 16.4 Å². The van der Waals surface area contributed by atoms with Crippen LogP contribution in [0.5, 0.6) is 0 Å². The monoisotopic (exact) mass is 461 g/mol. The van der Waals surface area contributed by atoms with Crippen molar-refractivity contribution >= 4 is 38.4 Å². The molecule has 1 aliphatic heterocycles. The molecule has 1 N–H and O–H groups in total. The van der Waals surface area contributed by atoms with Gasteiger partial charge in [0.05, 0.1) is 29.1 Å². The normalized spacial score (nSPS) is 17.6. The summed E-state index contributed by atoms with van der Waals surface area (Å²) in [7, 11) is -3.16. The number of benzene rings is 2. The van der Waals surface area contributed by atoms with Crippen LogP contribution in [0.4, 0.5) is 0 Å². The molecule has 10 heteroatoms. The zero-order chi connectivity index (χ0) is 22.2. The van der Waals surface area contributed by atoms with E-state index in [-0.39, 0.29) is 18.1 Å². The Balaban J connectivity index is 1.72. The van der Waals surface area contributed by atoms with E-state index in [1.54, 1.807) is 12.1 Å². The number of fused-ring (bicyclic) bond motifs is 1. The number of nitrogens with one attached hydrogen (secondary N) is 1. The number of hydrogen-bond donors (Lipinski definition) is 1. The fourth-order valence-electron chi connectivity index (χ4n) is 3.80. The van der Waals surface area contributed by atoms with Crippen LogP contribution >= 0.6 is 11.6 Å². The maximum Gasteiger partial charge on any atom is 0.317 e. The molecule has 1 aromatic heterocycles. The molecule has 1 amide bonds. The quantitative estimate of drug-likeness (QED) is 0.574. The van der Waals surface area contributed by atoms with Crippen molar-refractivity contribution in [2.45, 2.75) is 25.6 Å². The van der Waals surface area contributed by atoms with Crippen molar-refractivity contribution in [3.8, 4) is 0 Å². The number of sulfone groups is 1. The zero-order valence-electron chi connectivity index (χ0n) is 16.5. The molecule has 0 aliphatic carbocycles. The summed E-state index contributed by atoms with van der Waals surface area (Å²) >= 11 is 6.13. The second-order valence-corrected chi connectivity index (χ2v) is 10.2. The van der Waals surface area contributed by atoms with Gasteiger partial charge in [-0.05, 0) is 30.2 Å². The largest absolute Gasteiger partial charge is 0.351 e. The number of aromatic nitrogens is 2. The molecule has 162 valence electrons. The standard InChI is InChI=1S/C21H20ClN3O5S/c22-15-6-7-17-18(10-15)25(12-19(26)23-16-8-9-31(29,30)13-16)21(28)20(27)24(17)11-14-4-2-1-3-5-14/h1-7,10,16H,8-9,11-13H2,(H,23,26)/t16-/m0/s1. The lowest BCUT2D eigenvalue weighted by Gasteiger charge is -2.16. The highest BCUT2D eigenvalue weighted by molar-refractivity contribution is 7.91. The van der Waals surface area contributed by atoms with Gasteiger partial charge in [0.2, 0.25) is 5.91 Å². The maximum atomic E-state index is 12.9. The first-order valence-corrected chi connectivity index (χ1v) is 11.9. The van der Waals surface area contributed by atoms with E-state index in [0.717, 1.165) is 10.1 Å². The van der Waals surface area contributed by atoms with Gasteiger partial charge in [0.15, 0.2) is 9.84 Å². The SMILES string of the molecule is O=C(Cn1c(=O)c(=O)n(Cc2ccccc2)c2ccc(Cl)cc21)N[C@H]1CCS(=O)(=O)C1. The number of amides is 1. The Labute approximate surface area is 183 Å². The minimum absolute atomic E-state index is 0.0198. The second-order valence-electron chi connectivity index (χ2n) is 7.57. The molecule has 8 nitrogen and oxygen atoms in total. The third-order valence-electron chi connectivity index (χ3n) is 5.28. The van der Waals surface area contributed by atoms with Gasteiger partial charge in [0, 0.05) is 11.1 Å². The van der Waals surface area contributed by atoms with Crippen LogP contribution in [0.1, 0.15) is 12.0 Å². The Morgan fingerprint density at radius 3 is 2.42 bits per heavy atom. The van der Waals surface area contributed by atoms with E-state index in [1.807, 2.05) is 30.3 Å². The average molecular weight is 462 g/mol. The molecular weight excluding hydrogens is 442 g/mol. The van der Waals surface area contributed by atoms with Crippen LogP contribution in [-0.2, 0) is 27.7 Å². The topological polar surface area (TPSA) is 107 Å². The van der Waals surface area contributed by atoms with Crippen LogP contribution in [0, 0.1) is 0 Å². The molecule has 0 radical (unpaired) electrons. The van der Waals surface area contributed by atoms with Gasteiger partial charge in [-0.1, -0.05) is 41.9 Å². The molecule has 2 heterocycles. The summed E-state index contributed by atoms with van der Waals surface area (Å²) in [5.41, 5.74) is 0.0596. The fraction of sp³-hybridized carbons (Fsp3) is 0.286. The van der Waals surface area contributed by atoms with Crippen molar-refractivity contribution in [1.82, 2.24) is 14.5 Å². The third kappa shape index (κ3) is 4.57. The van der Waals surface area contributed by atoms with E-state index >= 15 is 0 Å². The van der Waals surface area contributed by atoms with Crippen LogP contribution in [0.2, 0.25) is 5.02 Å². The van der Waals surface area contributed by atoms with Crippen molar-refractivity contribution < 1.29 is 13.2 Å². The number of carbonyl (C=O) groups is 1. The van der Waals surface area contributed by atoms with Gasteiger partial charge < -0.3 is 5.32 Å². The molecule has 0 spiro atoms. The van der Waals surface area contributed by atoms with Crippen molar-refractivity contribution in [3.05, 3.63) is 79.8 Å². The molecule has 1 atom stereocenters. The number of carbonyl (C=O) groups excluding carboxylic acids is 1. The first-order chi connectivity index (χ1) is 14.7. The van der Waals surface area contributed by atoms with Gasteiger partial charge in [-0.3, -0.25) is 23.5 Å². The maximum absolute atomic E-state index is 12.9. The summed E-state index contributed by atoms with van der Waals surface area (Å²) in [6, 6.07) is 13.5. The summed E-state index contributed by atoms with van der Waals surface area (Å²) < 4.78 is 25.7. The van der Waals surface area contributed by atoms with Crippen LogP contribution in [0.15, 0.2) is 58.1 Å². The van der Waals surface area contributed by atoms with Gasteiger partial charge in [-0.15, -0.1) is 0 Å². The summed E-state index contributed by atoms with van der Waals surface area (Å²) in [5.74, 6) is -0.643. The van der Waals surface area contributed by atoms with E-state index in [0.29, 0.717) is 22.5 Å². The van der Waals surface area contributed by atoms with Crippen LogP contribution in [0.25, 0.3) is 11.0 Å². The molecule has 1 fully saturated rings. The molecule has 3 aromatic rings. The smallest absolute Gasteiger partial charge is 0.317 e. The van der Waals surface area contributed by atoms with Gasteiger partial charge in [-0.2, -0.15) is 0 Å². The number of rotatable bonds is 5. The van der Waals surface area contributed by atoms with Gasteiger partial charge in [-0.25, -0.2) is 8.42 Å². The van der Waals surface area contributed by atoms with Crippen molar-refractivity contribution in [3.63, 3.8) is 0 Å². The lowest BCUT2D eigenvalue weighted by atomic mass is 10.2. The number of hydrogen-bond acceptors (Lipinski definition) is 5. The number of nitrogens with zero attached hydrogens (tertiary/aromatic N) is 2. The van der Waals surface area contributed by atoms with Gasteiger partial charge in [0.25, 0.3) is 0 Å². The average Bonchev–Trinajstić information content (AvgIpc) is 3.07. The molecule has 2 aromatic carbocycles. The predicted octanol–water partition coefficient (Wildman–Crippen LogP) is 1.17. The van der Waals surface area contributed by atoms with Crippen molar-refractivity contribution in [1.29, 1.82) is 0 Å². The molecule has 0 bridgehead atoms. The van der Waals surface area contributed by atoms with E-state index in [9.17, 15) is 22.8 Å². The Morgan fingerprint density at radius 1 is 1.03 bits per heavy atom. The molecule has 1 aliphatic rings. The molecule has 4 rings (SSSR count). The van der Waals surface area contributed by atoms with Crippen molar-refractivity contribution in [2.75, 3.05) is 11.5 Å². The Bertz CT molecular complexity index is 1380. The van der Waals surface area contributed by atoms with Crippen molar-refractivity contribution in [2.24, 2.45) is 0 Å². The zero-order valence-corrected chi connectivity index (χ0v) is 18.0. The number of halogens is 1. The lowest BCUT2D eigenvalue weighted by Crippen LogP contribution is -2.45. The first kappa shape index (κ1) is 21.3. The van der Waals surface area contributed by atoms with Crippen LogP contribution in [0.3, 0.4) is 0 Å². The summed E-state index contributed by atoms with van der Waals surface area (Å²) in [4.78, 5) is 38.3. The highest BCUT2D eigenvalue weighted by Gasteiger charge is 2.29. The highest BCUT2D eigenvalue weighted by atomic mass is 35.5. The van der Waals surface area contributed by atoms with Crippen LogP contribution in [-0.4, -0.2) is 41.0 Å². The van der Waals surface area contributed by atoms with Gasteiger partial charge in [0.1, 0.15) is 6.54 Å². The minimum Gasteiger partial charge on any atom is -0.351 e. The third-order valence-corrected chi connectivity index (χ3v) is 7.28.